The number of piperidine rings is 1. The number of ether oxygens (including phenoxy) is 1. The second kappa shape index (κ2) is 7.21. The summed E-state index contributed by atoms with van der Waals surface area (Å²) in [5, 5.41) is 12.8. The molecule has 2 rings (SSSR count). The van der Waals surface area contributed by atoms with Crippen LogP contribution in [0.15, 0.2) is 24.3 Å². The van der Waals surface area contributed by atoms with Crippen LogP contribution in [-0.4, -0.2) is 40.8 Å². The Balaban J connectivity index is 1.94. The van der Waals surface area contributed by atoms with E-state index in [9.17, 15) is 9.90 Å². The number of carbonyl (C=O) groups excluding carboxylic acids is 1. The third-order valence-electron chi connectivity index (χ3n) is 4.02. The van der Waals surface area contributed by atoms with E-state index in [0.29, 0.717) is 19.6 Å². The van der Waals surface area contributed by atoms with Crippen LogP contribution in [0.3, 0.4) is 0 Å². The summed E-state index contributed by atoms with van der Waals surface area (Å²) >= 11 is 0. The average Bonchev–Trinajstić information content (AvgIpc) is 2.47. The van der Waals surface area contributed by atoms with Gasteiger partial charge in [-0.25, -0.2) is 4.79 Å². The van der Waals surface area contributed by atoms with Gasteiger partial charge >= 0.3 is 6.03 Å². The molecule has 1 aromatic carbocycles. The third-order valence-corrected chi connectivity index (χ3v) is 4.02. The number of urea groups is 1. The fraction of sp³-hybridized carbons (Fsp3) is 0.611. The highest BCUT2D eigenvalue weighted by molar-refractivity contribution is 5.74. The lowest BCUT2D eigenvalue weighted by Gasteiger charge is -2.34. The van der Waals surface area contributed by atoms with E-state index < -0.39 is 6.10 Å². The van der Waals surface area contributed by atoms with Crippen molar-refractivity contribution in [1.82, 2.24) is 10.2 Å². The van der Waals surface area contributed by atoms with Gasteiger partial charge in [-0.2, -0.15) is 0 Å². The molecule has 1 aliphatic heterocycles. The van der Waals surface area contributed by atoms with E-state index in [4.69, 9.17) is 4.74 Å². The van der Waals surface area contributed by atoms with Crippen LogP contribution in [0.1, 0.15) is 39.7 Å². The summed E-state index contributed by atoms with van der Waals surface area (Å²) in [7, 11) is 0. The molecule has 23 heavy (non-hydrogen) atoms. The van der Waals surface area contributed by atoms with E-state index in [1.807, 2.05) is 52.0 Å². The molecule has 5 nitrogen and oxygen atoms in total. The Morgan fingerprint density at radius 2 is 2.09 bits per heavy atom. The lowest BCUT2D eigenvalue weighted by molar-refractivity contribution is 0.0435. The molecular formula is C18H28N2O3. The second-order valence-electron chi connectivity index (χ2n) is 7.26. The summed E-state index contributed by atoms with van der Waals surface area (Å²) in [5.41, 5.74) is 0.662. The Hall–Kier alpha value is -1.75. The molecule has 128 valence electrons. The highest BCUT2D eigenvalue weighted by Gasteiger charge is 2.27. The van der Waals surface area contributed by atoms with Crippen molar-refractivity contribution >= 4 is 6.03 Å². The lowest BCUT2D eigenvalue weighted by Crippen LogP contribution is -2.49. The number of amides is 2. The van der Waals surface area contributed by atoms with Gasteiger partial charge in [0.05, 0.1) is 6.10 Å². The monoisotopic (exact) mass is 320 g/mol. The fourth-order valence-corrected chi connectivity index (χ4v) is 2.60. The lowest BCUT2D eigenvalue weighted by atomic mass is 9.96. The van der Waals surface area contributed by atoms with Crippen LogP contribution in [0.4, 0.5) is 4.79 Å². The first kappa shape index (κ1) is 17.6. The molecule has 2 amide bonds. The van der Waals surface area contributed by atoms with Crippen LogP contribution in [-0.2, 0) is 6.54 Å². The molecule has 2 unspecified atom stereocenters. The van der Waals surface area contributed by atoms with Crippen molar-refractivity contribution in [1.29, 1.82) is 0 Å². The molecule has 0 saturated carbocycles. The molecule has 2 N–H and O–H groups in total. The molecule has 0 spiro atoms. The van der Waals surface area contributed by atoms with Gasteiger partial charge < -0.3 is 20.1 Å². The molecule has 1 saturated heterocycles. The summed E-state index contributed by atoms with van der Waals surface area (Å²) in [5.74, 6) is 1.03. The van der Waals surface area contributed by atoms with E-state index >= 15 is 0 Å². The molecule has 5 heteroatoms. The van der Waals surface area contributed by atoms with Crippen molar-refractivity contribution in [2.45, 2.75) is 52.4 Å². The normalized spacial score (nSPS) is 21.9. The molecule has 0 bridgehead atoms. The van der Waals surface area contributed by atoms with Crippen molar-refractivity contribution in [3.05, 3.63) is 29.8 Å². The maximum Gasteiger partial charge on any atom is 0.317 e. The van der Waals surface area contributed by atoms with Gasteiger partial charge in [0, 0.05) is 25.2 Å². The van der Waals surface area contributed by atoms with Gasteiger partial charge in [0.25, 0.3) is 0 Å². The Morgan fingerprint density at radius 1 is 1.39 bits per heavy atom. The highest BCUT2D eigenvalue weighted by atomic mass is 16.5. The molecule has 0 aliphatic carbocycles. The topological polar surface area (TPSA) is 61.8 Å². The van der Waals surface area contributed by atoms with Crippen molar-refractivity contribution in [3.8, 4) is 5.75 Å². The van der Waals surface area contributed by atoms with E-state index in [0.717, 1.165) is 17.7 Å². The number of aliphatic hydroxyl groups is 1. The number of likely N-dealkylation sites (tertiary alicyclic amines) is 1. The molecule has 0 aromatic heterocycles. The van der Waals surface area contributed by atoms with Crippen LogP contribution in [0.25, 0.3) is 0 Å². The molecular weight excluding hydrogens is 292 g/mol. The smallest absolute Gasteiger partial charge is 0.317 e. The molecule has 0 radical (unpaired) electrons. The number of hydrogen-bond donors (Lipinski definition) is 2. The third kappa shape index (κ3) is 5.13. The highest BCUT2D eigenvalue weighted by Crippen LogP contribution is 2.23. The van der Waals surface area contributed by atoms with Crippen molar-refractivity contribution in [2.75, 3.05) is 13.1 Å². The van der Waals surface area contributed by atoms with E-state index in [2.05, 4.69) is 5.32 Å². The maximum atomic E-state index is 12.3. The van der Waals surface area contributed by atoms with E-state index in [1.165, 1.54) is 0 Å². The Labute approximate surface area is 138 Å². The minimum atomic E-state index is -0.439. The SMILES string of the molecule is CC1CCN(C(=O)NCc2ccccc2OC(C)(C)C)CC1O. The van der Waals surface area contributed by atoms with Crippen LogP contribution in [0, 0.1) is 5.92 Å². The maximum absolute atomic E-state index is 12.3. The van der Waals surface area contributed by atoms with Crippen molar-refractivity contribution in [3.63, 3.8) is 0 Å². The number of β-amino-alcohol motifs (C(OH)–C–C–N with tert-alkyl or cyclic N) is 1. The van der Waals surface area contributed by atoms with Gasteiger partial charge in [-0.05, 0) is 39.2 Å². The average molecular weight is 320 g/mol. The minimum Gasteiger partial charge on any atom is -0.488 e. The zero-order valence-corrected chi connectivity index (χ0v) is 14.5. The number of rotatable bonds is 3. The van der Waals surface area contributed by atoms with E-state index in [1.54, 1.807) is 4.90 Å². The molecule has 2 atom stereocenters. The predicted octanol–water partition coefficient (Wildman–Crippen LogP) is 2.78. The summed E-state index contributed by atoms with van der Waals surface area (Å²) in [6, 6.07) is 7.59. The first-order chi connectivity index (χ1) is 10.8. The van der Waals surface area contributed by atoms with Crippen LogP contribution in [0.5, 0.6) is 5.75 Å². The van der Waals surface area contributed by atoms with Gasteiger partial charge in [0.2, 0.25) is 0 Å². The first-order valence-corrected chi connectivity index (χ1v) is 8.24. The first-order valence-electron chi connectivity index (χ1n) is 8.24. The summed E-state index contributed by atoms with van der Waals surface area (Å²) in [6.45, 7) is 9.50. The largest absolute Gasteiger partial charge is 0.488 e. The van der Waals surface area contributed by atoms with Gasteiger partial charge in [0.15, 0.2) is 0 Å². The number of aliphatic hydroxyl groups excluding tert-OH is 1. The van der Waals surface area contributed by atoms with E-state index in [-0.39, 0.29) is 17.6 Å². The molecule has 1 heterocycles. The Bertz CT molecular complexity index is 539. The van der Waals surface area contributed by atoms with Crippen LogP contribution >= 0.6 is 0 Å². The summed E-state index contributed by atoms with van der Waals surface area (Å²) < 4.78 is 5.94. The molecule has 1 aliphatic rings. The van der Waals surface area contributed by atoms with Gasteiger partial charge in [0.1, 0.15) is 11.4 Å². The number of nitrogens with zero attached hydrogens (tertiary/aromatic N) is 1. The number of nitrogens with one attached hydrogen (secondary N) is 1. The second-order valence-corrected chi connectivity index (χ2v) is 7.26. The standard InChI is InChI=1S/C18H28N2O3/c1-13-9-10-20(12-15(13)21)17(22)19-11-14-7-5-6-8-16(14)23-18(2,3)4/h5-8,13,15,21H,9-12H2,1-4H3,(H,19,22). The van der Waals surface area contributed by atoms with Crippen molar-refractivity contribution < 1.29 is 14.6 Å². The number of carbonyl (C=O) groups is 1. The molecule has 1 aromatic rings. The van der Waals surface area contributed by atoms with Crippen molar-refractivity contribution in [2.24, 2.45) is 5.92 Å². The Morgan fingerprint density at radius 3 is 2.74 bits per heavy atom. The Kier molecular flexibility index (Phi) is 5.52. The molecule has 1 fully saturated rings. The van der Waals surface area contributed by atoms with Crippen LogP contribution < -0.4 is 10.1 Å². The van der Waals surface area contributed by atoms with Crippen LogP contribution in [0.2, 0.25) is 0 Å². The quantitative estimate of drug-likeness (QED) is 0.900. The summed E-state index contributed by atoms with van der Waals surface area (Å²) in [6.07, 6.45) is 0.393. The zero-order valence-electron chi connectivity index (χ0n) is 14.5. The summed E-state index contributed by atoms with van der Waals surface area (Å²) in [4.78, 5) is 14.0. The fourth-order valence-electron chi connectivity index (χ4n) is 2.60. The predicted molar refractivity (Wildman–Crippen MR) is 90.4 cm³/mol. The zero-order chi connectivity index (χ0) is 17.0. The number of benzene rings is 1. The number of hydrogen-bond acceptors (Lipinski definition) is 3. The van der Waals surface area contributed by atoms with Gasteiger partial charge in [-0.1, -0.05) is 25.1 Å². The van der Waals surface area contributed by atoms with Gasteiger partial charge in [-0.15, -0.1) is 0 Å². The minimum absolute atomic E-state index is 0.137. The van der Waals surface area contributed by atoms with Gasteiger partial charge in [-0.3, -0.25) is 0 Å². The number of para-hydroxylation sites is 1.